The number of hydrogen-bond acceptors (Lipinski definition) is 2. The van der Waals surface area contributed by atoms with Crippen molar-refractivity contribution in [2.75, 3.05) is 0 Å². The predicted octanol–water partition coefficient (Wildman–Crippen LogP) is 6.15. The molecule has 1 saturated carbocycles. The van der Waals surface area contributed by atoms with Crippen molar-refractivity contribution < 1.29 is 9.90 Å². The van der Waals surface area contributed by atoms with Crippen molar-refractivity contribution in [1.29, 1.82) is 0 Å². The smallest absolute Gasteiger partial charge is 0.169 e. The zero-order valence-corrected chi connectivity index (χ0v) is 15.9. The minimum absolute atomic E-state index is 0.0801. The lowest BCUT2D eigenvalue weighted by molar-refractivity contribution is -0.117. The molecule has 1 N–H and O–H groups in total. The number of hydrogen-bond donors (Lipinski definition) is 1. The molecule has 2 aromatic carbocycles. The molecule has 2 atom stereocenters. The summed E-state index contributed by atoms with van der Waals surface area (Å²) in [5, 5.41) is 11.5. The summed E-state index contributed by atoms with van der Waals surface area (Å²) in [6.07, 6.45) is 3.46. The molecule has 2 bridgehead atoms. The number of halogens is 1. The SMILES string of the molecule is CCc1ccc(-c2ccc(Cl)cc2C)cc1C1=C(O)[C@H]2CC[C@H](C2)C1=O. The van der Waals surface area contributed by atoms with Gasteiger partial charge in [0, 0.05) is 16.9 Å². The van der Waals surface area contributed by atoms with Crippen LogP contribution in [0.2, 0.25) is 5.02 Å². The van der Waals surface area contributed by atoms with Crippen LogP contribution < -0.4 is 0 Å². The Bertz CT molecular complexity index is 926. The minimum atomic E-state index is 0.0801. The number of fused-ring (bicyclic) bond motifs is 2. The van der Waals surface area contributed by atoms with E-state index in [9.17, 15) is 9.90 Å². The Labute approximate surface area is 159 Å². The molecular weight excluding hydrogens is 344 g/mol. The molecule has 134 valence electrons. The lowest BCUT2D eigenvalue weighted by Gasteiger charge is -2.24. The number of ketones is 1. The van der Waals surface area contributed by atoms with E-state index in [0.29, 0.717) is 11.3 Å². The second-order valence-electron chi connectivity index (χ2n) is 7.52. The van der Waals surface area contributed by atoms with Crippen LogP contribution >= 0.6 is 11.6 Å². The highest BCUT2D eigenvalue weighted by Gasteiger charge is 2.41. The van der Waals surface area contributed by atoms with Gasteiger partial charge in [0.05, 0.1) is 5.57 Å². The van der Waals surface area contributed by atoms with Crippen LogP contribution in [0, 0.1) is 18.8 Å². The van der Waals surface area contributed by atoms with Crippen LogP contribution in [-0.2, 0) is 11.2 Å². The van der Waals surface area contributed by atoms with Crippen LogP contribution in [0.1, 0.15) is 42.9 Å². The first-order valence-corrected chi connectivity index (χ1v) is 9.74. The Morgan fingerprint density at radius 3 is 2.58 bits per heavy atom. The fourth-order valence-electron chi connectivity index (χ4n) is 4.51. The van der Waals surface area contributed by atoms with Gasteiger partial charge in [0.2, 0.25) is 0 Å². The van der Waals surface area contributed by atoms with Crippen molar-refractivity contribution in [3.05, 3.63) is 63.9 Å². The fraction of sp³-hybridized carbons (Fsp3) is 0.348. The van der Waals surface area contributed by atoms with Crippen molar-refractivity contribution in [2.45, 2.75) is 39.5 Å². The molecule has 0 aromatic heterocycles. The number of aryl methyl sites for hydroxylation is 2. The van der Waals surface area contributed by atoms with Crippen molar-refractivity contribution >= 4 is 23.0 Å². The van der Waals surface area contributed by atoms with Crippen LogP contribution in [-0.4, -0.2) is 10.9 Å². The molecular formula is C23H23ClO2. The van der Waals surface area contributed by atoms with Crippen molar-refractivity contribution in [3.63, 3.8) is 0 Å². The van der Waals surface area contributed by atoms with E-state index < -0.39 is 0 Å². The Morgan fingerprint density at radius 2 is 1.85 bits per heavy atom. The molecule has 0 unspecified atom stereocenters. The van der Waals surface area contributed by atoms with Gasteiger partial charge in [0.25, 0.3) is 0 Å². The molecule has 0 heterocycles. The zero-order chi connectivity index (χ0) is 18.4. The number of carbonyl (C=O) groups is 1. The number of carbonyl (C=O) groups excluding carboxylic acids is 1. The molecule has 4 rings (SSSR count). The topological polar surface area (TPSA) is 37.3 Å². The van der Waals surface area contributed by atoms with Crippen LogP contribution in [0.5, 0.6) is 0 Å². The molecule has 0 amide bonds. The number of rotatable bonds is 3. The summed E-state index contributed by atoms with van der Waals surface area (Å²) in [5.74, 6) is 0.661. The van der Waals surface area contributed by atoms with E-state index in [2.05, 4.69) is 25.1 Å². The standard InChI is InChI=1S/C23H23ClO2/c1-3-14-4-5-15(19-9-8-18(24)10-13(19)2)12-20(14)21-22(25)16-6-7-17(11-16)23(21)26/h4-5,8-10,12,16-17,25H,3,6-7,11H2,1-2H3/t16-,17+/m0/s1. The summed E-state index contributed by atoms with van der Waals surface area (Å²) in [6.45, 7) is 4.13. The van der Waals surface area contributed by atoms with E-state index in [1.54, 1.807) is 0 Å². The summed E-state index contributed by atoms with van der Waals surface area (Å²) in [6, 6.07) is 12.1. The second-order valence-corrected chi connectivity index (χ2v) is 7.95. The summed E-state index contributed by atoms with van der Waals surface area (Å²) >= 11 is 6.10. The normalized spacial score (nSPS) is 22.2. The van der Waals surface area contributed by atoms with E-state index in [4.69, 9.17) is 11.6 Å². The Kier molecular flexibility index (Phi) is 4.40. The lowest BCUT2D eigenvalue weighted by Crippen LogP contribution is -2.22. The Morgan fingerprint density at radius 1 is 1.08 bits per heavy atom. The van der Waals surface area contributed by atoms with E-state index in [1.165, 1.54) is 0 Å². The van der Waals surface area contributed by atoms with Gasteiger partial charge in [0.15, 0.2) is 5.78 Å². The molecule has 2 aliphatic rings. The highest BCUT2D eigenvalue weighted by Crippen LogP contribution is 2.46. The fourth-order valence-corrected chi connectivity index (χ4v) is 4.74. The third-order valence-corrected chi connectivity index (χ3v) is 6.19. The monoisotopic (exact) mass is 366 g/mol. The van der Waals surface area contributed by atoms with Gasteiger partial charge in [-0.1, -0.05) is 36.7 Å². The molecule has 0 spiro atoms. The highest BCUT2D eigenvalue weighted by molar-refractivity contribution is 6.30. The third-order valence-electron chi connectivity index (χ3n) is 5.95. The van der Waals surface area contributed by atoms with Gasteiger partial charge in [-0.15, -0.1) is 0 Å². The van der Waals surface area contributed by atoms with Crippen LogP contribution in [0.15, 0.2) is 42.2 Å². The molecule has 0 saturated heterocycles. The molecule has 2 nitrogen and oxygen atoms in total. The maximum absolute atomic E-state index is 13.0. The first-order chi connectivity index (χ1) is 12.5. The van der Waals surface area contributed by atoms with Gasteiger partial charge in [-0.05, 0) is 78.6 Å². The van der Waals surface area contributed by atoms with Crippen molar-refractivity contribution in [3.8, 4) is 11.1 Å². The van der Waals surface area contributed by atoms with E-state index in [-0.39, 0.29) is 17.6 Å². The minimum Gasteiger partial charge on any atom is -0.511 e. The van der Waals surface area contributed by atoms with Gasteiger partial charge in [-0.3, -0.25) is 4.79 Å². The first kappa shape index (κ1) is 17.4. The Balaban J connectivity index is 1.88. The average Bonchev–Trinajstić information content (AvgIpc) is 3.07. The number of benzene rings is 2. The number of aliphatic hydroxyl groups excluding tert-OH is 1. The molecule has 2 aliphatic carbocycles. The maximum Gasteiger partial charge on any atom is 0.169 e. The van der Waals surface area contributed by atoms with Gasteiger partial charge in [-0.2, -0.15) is 0 Å². The summed E-state index contributed by atoms with van der Waals surface area (Å²) in [4.78, 5) is 13.0. The third kappa shape index (κ3) is 2.77. The van der Waals surface area contributed by atoms with Crippen molar-refractivity contribution in [1.82, 2.24) is 0 Å². The predicted molar refractivity (Wildman–Crippen MR) is 106 cm³/mol. The number of allylic oxidation sites excluding steroid dienone is 2. The van der Waals surface area contributed by atoms with Gasteiger partial charge < -0.3 is 5.11 Å². The van der Waals surface area contributed by atoms with Gasteiger partial charge in [-0.25, -0.2) is 0 Å². The average molecular weight is 367 g/mol. The molecule has 1 fully saturated rings. The second kappa shape index (κ2) is 6.59. The number of aliphatic hydroxyl groups is 1. The first-order valence-electron chi connectivity index (χ1n) is 9.36. The molecule has 2 aromatic rings. The zero-order valence-electron chi connectivity index (χ0n) is 15.2. The molecule has 26 heavy (non-hydrogen) atoms. The summed E-state index contributed by atoms with van der Waals surface area (Å²) < 4.78 is 0. The molecule has 3 heteroatoms. The maximum atomic E-state index is 13.0. The lowest BCUT2D eigenvalue weighted by atomic mass is 9.81. The van der Waals surface area contributed by atoms with Gasteiger partial charge in [0.1, 0.15) is 5.76 Å². The summed E-state index contributed by atoms with van der Waals surface area (Å²) in [7, 11) is 0. The van der Waals surface area contributed by atoms with Crippen LogP contribution in [0.25, 0.3) is 16.7 Å². The van der Waals surface area contributed by atoms with Gasteiger partial charge >= 0.3 is 0 Å². The summed E-state index contributed by atoms with van der Waals surface area (Å²) in [5.41, 5.74) is 5.83. The number of Topliss-reactive ketones (excluding diaryl/α,β-unsaturated/α-hetero) is 1. The largest absolute Gasteiger partial charge is 0.511 e. The van der Waals surface area contributed by atoms with Crippen LogP contribution in [0.4, 0.5) is 0 Å². The van der Waals surface area contributed by atoms with E-state index in [0.717, 1.165) is 58.5 Å². The molecule has 0 aliphatic heterocycles. The highest BCUT2D eigenvalue weighted by atomic mass is 35.5. The van der Waals surface area contributed by atoms with E-state index in [1.807, 2.05) is 25.1 Å². The van der Waals surface area contributed by atoms with E-state index >= 15 is 0 Å². The molecule has 0 radical (unpaired) electrons. The quantitative estimate of drug-likeness (QED) is 0.707. The Hall–Kier alpha value is -2.06. The van der Waals surface area contributed by atoms with Crippen molar-refractivity contribution in [2.24, 2.45) is 11.8 Å². The van der Waals surface area contributed by atoms with Crippen LogP contribution in [0.3, 0.4) is 0 Å².